The first-order valence-corrected chi connectivity index (χ1v) is 10.7. The Hall–Kier alpha value is -3.28. The molecule has 0 fully saturated rings. The number of primary amides is 1. The highest BCUT2D eigenvalue weighted by Gasteiger charge is 2.31. The van der Waals surface area contributed by atoms with Gasteiger partial charge in [0.2, 0.25) is 5.91 Å². The van der Waals surface area contributed by atoms with Crippen molar-refractivity contribution in [1.82, 2.24) is 4.57 Å². The predicted octanol–water partition coefficient (Wildman–Crippen LogP) is 4.07. The number of aryl methyl sites for hydroxylation is 1. The number of rotatable bonds is 6. The normalized spacial score (nSPS) is 16.0. The third-order valence-corrected chi connectivity index (χ3v) is 6.45. The third kappa shape index (κ3) is 3.90. The molecular formula is C25H28N2O4. The zero-order valence-corrected chi connectivity index (χ0v) is 18.0. The summed E-state index contributed by atoms with van der Waals surface area (Å²) in [6, 6.07) is 12.0. The Balaban J connectivity index is 1.96. The maximum absolute atomic E-state index is 12.4. The van der Waals surface area contributed by atoms with Crippen LogP contribution in [0.15, 0.2) is 36.4 Å². The van der Waals surface area contributed by atoms with E-state index in [1.165, 1.54) is 16.7 Å². The van der Waals surface area contributed by atoms with E-state index in [2.05, 4.69) is 36.6 Å². The molecule has 0 saturated heterocycles. The number of hydrogen-bond donors (Lipinski definition) is 2. The monoisotopic (exact) mass is 420 g/mol. The van der Waals surface area contributed by atoms with Gasteiger partial charge in [0.15, 0.2) is 6.61 Å². The summed E-state index contributed by atoms with van der Waals surface area (Å²) >= 11 is 0. The van der Waals surface area contributed by atoms with Gasteiger partial charge in [-0.2, -0.15) is 0 Å². The number of nitrogens with two attached hydrogens (primary N) is 1. The number of hydrogen-bond acceptors (Lipinski definition) is 3. The first kappa shape index (κ1) is 21.0. The van der Waals surface area contributed by atoms with E-state index >= 15 is 0 Å². The van der Waals surface area contributed by atoms with Gasteiger partial charge < -0.3 is 20.1 Å². The van der Waals surface area contributed by atoms with E-state index in [0.29, 0.717) is 18.7 Å². The maximum atomic E-state index is 12.4. The Kier molecular flexibility index (Phi) is 5.72. The standard InChI is InChI=1S/C25H28N2O4/c1-15-7-5-8-17(16(15)2)13-27-19-10-4-3-9-18(25(26)30)23(19)24-20(27)11-6-12-21(24)31-14-22(28)29/h5-8,11-12,18H,3-4,9-10,13-14H2,1-2H3,(H2,26,30)(H,28,29). The summed E-state index contributed by atoms with van der Waals surface area (Å²) in [5, 5.41) is 9.94. The summed E-state index contributed by atoms with van der Waals surface area (Å²) in [5.41, 5.74) is 12.5. The number of carboxylic acids is 1. The number of fused-ring (bicyclic) bond motifs is 3. The van der Waals surface area contributed by atoms with Crippen LogP contribution in [0.5, 0.6) is 5.75 Å². The van der Waals surface area contributed by atoms with E-state index < -0.39 is 18.5 Å². The molecule has 162 valence electrons. The number of carboxylic acid groups (broad SMARTS) is 1. The molecule has 0 bridgehead atoms. The summed E-state index contributed by atoms with van der Waals surface area (Å²) in [4.78, 5) is 23.6. The summed E-state index contributed by atoms with van der Waals surface area (Å²) in [7, 11) is 0. The third-order valence-electron chi connectivity index (χ3n) is 6.45. The van der Waals surface area contributed by atoms with Gasteiger partial charge in [-0.25, -0.2) is 4.79 Å². The molecule has 4 rings (SSSR count). The van der Waals surface area contributed by atoms with Crippen molar-refractivity contribution in [3.05, 3.63) is 64.3 Å². The molecule has 1 unspecified atom stereocenters. The van der Waals surface area contributed by atoms with E-state index in [0.717, 1.165) is 41.4 Å². The number of ether oxygens (including phenoxy) is 1. The summed E-state index contributed by atoms with van der Waals surface area (Å²) in [6.07, 6.45) is 3.44. The van der Waals surface area contributed by atoms with Crippen LogP contribution in [0.25, 0.3) is 10.9 Å². The summed E-state index contributed by atoms with van der Waals surface area (Å²) < 4.78 is 7.92. The van der Waals surface area contributed by atoms with Gasteiger partial charge in [0.1, 0.15) is 5.75 Å². The lowest BCUT2D eigenvalue weighted by atomic mass is 9.92. The molecule has 1 aliphatic carbocycles. The number of aliphatic carboxylic acids is 1. The van der Waals surface area contributed by atoms with E-state index in [1.54, 1.807) is 6.07 Å². The van der Waals surface area contributed by atoms with E-state index in [4.69, 9.17) is 15.6 Å². The SMILES string of the molecule is Cc1cccc(Cn2c3c(c4c(OCC(=O)O)cccc42)C(C(N)=O)CCCC3)c1C. The van der Waals surface area contributed by atoms with Gasteiger partial charge in [-0.3, -0.25) is 4.79 Å². The highest BCUT2D eigenvalue weighted by atomic mass is 16.5. The number of carbonyl (C=O) groups excluding carboxylic acids is 1. The first-order chi connectivity index (χ1) is 14.9. The maximum Gasteiger partial charge on any atom is 0.341 e. The van der Waals surface area contributed by atoms with Crippen LogP contribution >= 0.6 is 0 Å². The lowest BCUT2D eigenvalue weighted by Gasteiger charge is -2.15. The summed E-state index contributed by atoms with van der Waals surface area (Å²) in [5.74, 6) is -1.30. The highest BCUT2D eigenvalue weighted by molar-refractivity contribution is 5.97. The zero-order valence-electron chi connectivity index (χ0n) is 18.0. The fraction of sp³-hybridized carbons (Fsp3) is 0.360. The quantitative estimate of drug-likeness (QED) is 0.588. The van der Waals surface area contributed by atoms with Crippen LogP contribution in [-0.4, -0.2) is 28.2 Å². The molecule has 3 aromatic rings. The van der Waals surface area contributed by atoms with Crippen LogP contribution in [-0.2, 0) is 22.6 Å². The smallest absolute Gasteiger partial charge is 0.341 e. The second-order valence-electron chi connectivity index (χ2n) is 8.34. The average molecular weight is 421 g/mol. The van der Waals surface area contributed by atoms with E-state index in [1.807, 2.05) is 12.1 Å². The molecule has 2 aromatic carbocycles. The van der Waals surface area contributed by atoms with Crippen molar-refractivity contribution in [2.75, 3.05) is 6.61 Å². The Morgan fingerprint density at radius 2 is 1.94 bits per heavy atom. The molecule has 0 spiro atoms. The molecule has 6 heteroatoms. The highest BCUT2D eigenvalue weighted by Crippen LogP contribution is 2.42. The Morgan fingerprint density at radius 3 is 2.68 bits per heavy atom. The van der Waals surface area contributed by atoms with Crippen molar-refractivity contribution >= 4 is 22.8 Å². The molecule has 0 radical (unpaired) electrons. The first-order valence-electron chi connectivity index (χ1n) is 10.7. The predicted molar refractivity (Wildman–Crippen MR) is 120 cm³/mol. The Bertz CT molecular complexity index is 1160. The van der Waals surface area contributed by atoms with E-state index in [9.17, 15) is 9.59 Å². The molecule has 0 aliphatic heterocycles. The lowest BCUT2D eigenvalue weighted by Crippen LogP contribution is -2.21. The van der Waals surface area contributed by atoms with Gasteiger partial charge >= 0.3 is 5.97 Å². The number of benzene rings is 2. The van der Waals surface area contributed by atoms with Crippen molar-refractivity contribution < 1.29 is 19.4 Å². The molecular weight excluding hydrogens is 392 g/mol. The van der Waals surface area contributed by atoms with Crippen LogP contribution in [0.3, 0.4) is 0 Å². The molecule has 1 amide bonds. The zero-order chi connectivity index (χ0) is 22.1. The van der Waals surface area contributed by atoms with Gasteiger partial charge in [-0.05, 0) is 67.5 Å². The molecule has 1 heterocycles. The fourth-order valence-corrected chi connectivity index (χ4v) is 4.76. The van der Waals surface area contributed by atoms with Crippen LogP contribution in [0.4, 0.5) is 0 Å². The lowest BCUT2D eigenvalue weighted by molar-refractivity contribution is -0.139. The van der Waals surface area contributed by atoms with Gasteiger partial charge in [-0.15, -0.1) is 0 Å². The fourth-order valence-electron chi connectivity index (χ4n) is 4.76. The van der Waals surface area contributed by atoms with Gasteiger partial charge in [0, 0.05) is 17.6 Å². The molecule has 1 atom stereocenters. The molecule has 1 aromatic heterocycles. The number of nitrogens with zero attached hydrogens (tertiary/aromatic N) is 1. The van der Waals surface area contributed by atoms with Crippen LogP contribution < -0.4 is 10.5 Å². The van der Waals surface area contributed by atoms with Gasteiger partial charge in [-0.1, -0.05) is 30.7 Å². The van der Waals surface area contributed by atoms with E-state index in [-0.39, 0.29) is 5.91 Å². The number of aromatic nitrogens is 1. The molecule has 3 N–H and O–H groups in total. The topological polar surface area (TPSA) is 94.6 Å². The molecule has 0 saturated carbocycles. The molecule has 1 aliphatic rings. The second kappa shape index (κ2) is 8.46. The summed E-state index contributed by atoms with van der Waals surface area (Å²) in [6.45, 7) is 4.47. The van der Waals surface area contributed by atoms with Crippen molar-refractivity contribution in [2.45, 2.75) is 52.0 Å². The average Bonchev–Trinajstić information content (AvgIpc) is 2.88. The second-order valence-corrected chi connectivity index (χ2v) is 8.34. The van der Waals surface area contributed by atoms with Crippen molar-refractivity contribution in [1.29, 1.82) is 0 Å². The Morgan fingerprint density at radius 1 is 1.16 bits per heavy atom. The molecule has 31 heavy (non-hydrogen) atoms. The van der Waals surface area contributed by atoms with Crippen molar-refractivity contribution in [2.24, 2.45) is 5.73 Å². The van der Waals surface area contributed by atoms with Gasteiger partial charge in [0.25, 0.3) is 0 Å². The van der Waals surface area contributed by atoms with Crippen LogP contribution in [0.2, 0.25) is 0 Å². The minimum absolute atomic E-state index is 0.345. The minimum atomic E-state index is -1.04. The largest absolute Gasteiger partial charge is 0.481 e. The minimum Gasteiger partial charge on any atom is -0.481 e. The van der Waals surface area contributed by atoms with Crippen LogP contribution in [0.1, 0.15) is 53.1 Å². The van der Waals surface area contributed by atoms with Crippen molar-refractivity contribution in [3.63, 3.8) is 0 Å². The number of amides is 1. The molecule has 6 nitrogen and oxygen atoms in total. The number of carbonyl (C=O) groups is 2. The van der Waals surface area contributed by atoms with Crippen LogP contribution in [0, 0.1) is 13.8 Å². The Labute approximate surface area is 181 Å². The van der Waals surface area contributed by atoms with Gasteiger partial charge in [0.05, 0.1) is 11.4 Å². The van der Waals surface area contributed by atoms with Crippen molar-refractivity contribution in [3.8, 4) is 5.75 Å².